The molecule has 0 rings (SSSR count). The van der Waals surface area contributed by atoms with Gasteiger partial charge in [-0.1, -0.05) is 398 Å². The van der Waals surface area contributed by atoms with Crippen molar-refractivity contribution in [2.45, 2.75) is 424 Å². The topological polar surface area (TPSA) is 69.6 Å². The fourth-order valence-corrected chi connectivity index (χ4v) is 11.5. The van der Waals surface area contributed by atoms with Gasteiger partial charge in [0.25, 0.3) is 0 Å². The van der Waals surface area contributed by atoms with Crippen molar-refractivity contribution in [3.8, 4) is 0 Å². The second-order valence-electron chi connectivity index (χ2n) is 24.3. The van der Waals surface area contributed by atoms with Gasteiger partial charge in [-0.25, -0.2) is 0 Å². The number of carbonyl (C=O) groups is 1. The molecule has 0 bridgehead atoms. The van der Waals surface area contributed by atoms with E-state index >= 15 is 0 Å². The lowest BCUT2D eigenvalue weighted by Gasteiger charge is -2.20. The summed E-state index contributed by atoms with van der Waals surface area (Å²) in [4.78, 5) is 12.5. The van der Waals surface area contributed by atoms with Gasteiger partial charge in [0.05, 0.1) is 18.8 Å². The normalized spacial score (nSPS) is 12.6. The first-order valence-electron chi connectivity index (χ1n) is 34.9. The molecular weight excluding hydrogens is 903 g/mol. The fourth-order valence-electron chi connectivity index (χ4n) is 11.5. The number of carbonyl (C=O) groups excluding carboxylic acids is 1. The lowest BCUT2D eigenvalue weighted by atomic mass is 10.0. The van der Waals surface area contributed by atoms with Crippen LogP contribution < -0.4 is 5.32 Å². The monoisotopic (exact) mass is 1040 g/mol. The van der Waals surface area contributed by atoms with Crippen LogP contribution in [-0.2, 0) is 4.79 Å². The first-order chi connectivity index (χ1) is 36.7. The van der Waals surface area contributed by atoms with Gasteiger partial charge >= 0.3 is 0 Å². The summed E-state index contributed by atoms with van der Waals surface area (Å²) in [6.45, 7) is 4.36. The molecule has 0 aromatic heterocycles. The van der Waals surface area contributed by atoms with Crippen LogP contribution in [0.5, 0.6) is 0 Å². The molecule has 2 unspecified atom stereocenters. The molecule has 3 N–H and O–H groups in total. The molecule has 0 saturated carbocycles. The number of allylic oxidation sites excluding steroid dienone is 1. The molecule has 1 amide bonds. The van der Waals surface area contributed by atoms with Crippen molar-refractivity contribution in [1.82, 2.24) is 5.32 Å². The Bertz CT molecular complexity index is 1040. The van der Waals surface area contributed by atoms with Gasteiger partial charge in [-0.15, -0.1) is 0 Å². The maximum absolute atomic E-state index is 12.5. The zero-order valence-corrected chi connectivity index (χ0v) is 51.2. The Hall–Kier alpha value is -0.870. The Morgan fingerprint density at radius 3 is 0.703 bits per heavy atom. The van der Waals surface area contributed by atoms with Gasteiger partial charge in [-0.05, 0) is 19.3 Å². The van der Waals surface area contributed by atoms with E-state index in [4.69, 9.17) is 0 Å². The zero-order chi connectivity index (χ0) is 53.4. The molecule has 442 valence electrons. The largest absolute Gasteiger partial charge is 0.394 e. The molecule has 4 nitrogen and oxygen atoms in total. The minimum Gasteiger partial charge on any atom is -0.394 e. The Balaban J connectivity index is 3.36. The number of rotatable bonds is 66. The Labute approximate surface area is 467 Å². The highest BCUT2D eigenvalue weighted by molar-refractivity contribution is 5.76. The van der Waals surface area contributed by atoms with Crippen molar-refractivity contribution in [2.24, 2.45) is 0 Å². The molecule has 0 aromatic carbocycles. The number of amides is 1. The van der Waals surface area contributed by atoms with E-state index < -0.39 is 12.1 Å². The molecule has 0 aromatic rings. The highest BCUT2D eigenvalue weighted by Gasteiger charge is 2.18. The number of aliphatic hydroxyl groups is 2. The summed E-state index contributed by atoms with van der Waals surface area (Å²) < 4.78 is 0. The number of unbranched alkanes of at least 4 members (excludes halogenated alkanes) is 59. The zero-order valence-electron chi connectivity index (χ0n) is 51.2. The number of aliphatic hydroxyl groups excluding tert-OH is 2. The van der Waals surface area contributed by atoms with E-state index in [0.29, 0.717) is 6.42 Å². The third-order valence-corrected chi connectivity index (χ3v) is 16.8. The Morgan fingerprint density at radius 1 is 0.311 bits per heavy atom. The molecule has 0 radical (unpaired) electrons. The quantitative estimate of drug-likeness (QED) is 0.0420. The molecule has 0 fully saturated rings. The smallest absolute Gasteiger partial charge is 0.220 e. The van der Waals surface area contributed by atoms with Crippen molar-refractivity contribution >= 4 is 5.91 Å². The standard InChI is InChI=1S/C70H139NO3/c1-3-5-7-9-11-13-15-17-19-21-23-25-27-28-29-30-31-32-33-34-35-36-37-38-39-40-41-42-43-44-46-48-50-52-54-56-58-60-62-64-66-70(74)71-68(67-72)69(73)65-63-61-59-57-55-53-51-49-47-45-26-24-22-20-18-16-14-12-10-8-6-4-2/h63,65,68-69,72-73H,3-62,64,66-67H2,1-2H3,(H,71,74)/b65-63+. The summed E-state index contributed by atoms with van der Waals surface area (Å²) in [6.07, 6.45) is 88.9. The first-order valence-corrected chi connectivity index (χ1v) is 34.9. The first kappa shape index (κ1) is 73.1. The Morgan fingerprint density at radius 2 is 0.500 bits per heavy atom. The van der Waals surface area contributed by atoms with Crippen LogP contribution in [0.3, 0.4) is 0 Å². The summed E-state index contributed by atoms with van der Waals surface area (Å²) in [5, 5.41) is 23.3. The molecule has 0 aliphatic carbocycles. The van der Waals surface area contributed by atoms with Crippen molar-refractivity contribution in [3.05, 3.63) is 12.2 Å². The van der Waals surface area contributed by atoms with Crippen molar-refractivity contribution in [2.75, 3.05) is 6.61 Å². The van der Waals surface area contributed by atoms with Crippen molar-refractivity contribution < 1.29 is 15.0 Å². The molecule has 0 spiro atoms. The SMILES string of the molecule is CCCCCCCCCCCCCCCCCCCCCC/C=C/C(O)C(CO)NC(=O)CCCCCCCCCCCCCCCCCCCCCCCCCCCCCCCCCCCCCCCCCC. The van der Waals surface area contributed by atoms with E-state index in [9.17, 15) is 15.0 Å². The molecule has 2 atom stereocenters. The predicted molar refractivity (Wildman–Crippen MR) is 332 cm³/mol. The average Bonchev–Trinajstić information content (AvgIpc) is 3.40. The van der Waals surface area contributed by atoms with Gasteiger partial charge in [0.15, 0.2) is 0 Å². The predicted octanol–water partition coefficient (Wildman–Crippen LogP) is 23.6. The number of hydrogen-bond acceptors (Lipinski definition) is 3. The summed E-state index contributed by atoms with van der Waals surface area (Å²) in [5.41, 5.74) is 0. The van der Waals surface area contributed by atoms with Gasteiger partial charge in [-0.3, -0.25) is 4.79 Å². The van der Waals surface area contributed by atoms with Crippen molar-refractivity contribution in [3.63, 3.8) is 0 Å². The third kappa shape index (κ3) is 62.0. The second kappa shape index (κ2) is 66.4. The van der Waals surface area contributed by atoms with Gasteiger partial charge in [0, 0.05) is 6.42 Å². The molecule has 0 heterocycles. The lowest BCUT2D eigenvalue weighted by Crippen LogP contribution is -2.45. The van der Waals surface area contributed by atoms with Crippen LogP contribution in [0.2, 0.25) is 0 Å². The van der Waals surface area contributed by atoms with Crippen LogP contribution in [0.15, 0.2) is 12.2 Å². The van der Waals surface area contributed by atoms with Gasteiger partial charge in [0.1, 0.15) is 0 Å². The van der Waals surface area contributed by atoms with E-state index in [1.807, 2.05) is 6.08 Å². The minimum absolute atomic E-state index is 0.0535. The van der Waals surface area contributed by atoms with Crippen LogP contribution in [0.25, 0.3) is 0 Å². The molecule has 4 heteroatoms. The highest BCUT2D eigenvalue weighted by atomic mass is 16.3. The number of nitrogens with one attached hydrogen (secondary N) is 1. The fraction of sp³-hybridized carbons (Fsp3) is 0.957. The molecular formula is C70H139NO3. The van der Waals surface area contributed by atoms with Gasteiger partial charge in [-0.2, -0.15) is 0 Å². The second-order valence-corrected chi connectivity index (χ2v) is 24.3. The van der Waals surface area contributed by atoms with E-state index in [1.165, 1.54) is 366 Å². The van der Waals surface area contributed by atoms with Crippen LogP contribution in [0.4, 0.5) is 0 Å². The number of hydrogen-bond donors (Lipinski definition) is 3. The summed E-state index contributed by atoms with van der Waals surface area (Å²) >= 11 is 0. The van der Waals surface area contributed by atoms with E-state index in [1.54, 1.807) is 6.08 Å². The van der Waals surface area contributed by atoms with Crippen LogP contribution in [-0.4, -0.2) is 34.9 Å². The van der Waals surface area contributed by atoms with E-state index in [-0.39, 0.29) is 12.5 Å². The molecule has 0 aliphatic heterocycles. The van der Waals surface area contributed by atoms with Crippen molar-refractivity contribution in [1.29, 1.82) is 0 Å². The molecule has 74 heavy (non-hydrogen) atoms. The maximum Gasteiger partial charge on any atom is 0.220 e. The molecule has 0 aliphatic rings. The summed E-state index contributed by atoms with van der Waals surface area (Å²) in [6, 6.07) is -0.619. The van der Waals surface area contributed by atoms with Gasteiger partial charge < -0.3 is 15.5 Å². The van der Waals surface area contributed by atoms with E-state index in [0.717, 1.165) is 25.7 Å². The Kier molecular flexibility index (Phi) is 65.6. The third-order valence-electron chi connectivity index (χ3n) is 16.8. The van der Waals surface area contributed by atoms with E-state index in [2.05, 4.69) is 19.2 Å². The van der Waals surface area contributed by atoms with Crippen LogP contribution in [0.1, 0.15) is 412 Å². The lowest BCUT2D eigenvalue weighted by molar-refractivity contribution is -0.123. The van der Waals surface area contributed by atoms with Crippen LogP contribution >= 0.6 is 0 Å². The van der Waals surface area contributed by atoms with Gasteiger partial charge in [0.2, 0.25) is 5.91 Å². The summed E-state index contributed by atoms with van der Waals surface area (Å²) in [7, 11) is 0. The average molecular weight is 1040 g/mol. The van der Waals surface area contributed by atoms with Crippen LogP contribution in [0, 0.1) is 0 Å². The summed E-state index contributed by atoms with van der Waals surface area (Å²) in [5.74, 6) is -0.0535. The minimum atomic E-state index is -0.836. The molecule has 0 saturated heterocycles. The maximum atomic E-state index is 12.5. The highest BCUT2D eigenvalue weighted by Crippen LogP contribution is 2.20.